The average Bonchev–Trinajstić information content (AvgIpc) is 3.43. The molecule has 3 heterocycles. The van der Waals surface area contributed by atoms with Crippen LogP contribution in [0.25, 0.3) is 10.2 Å². The molecule has 30 heavy (non-hydrogen) atoms. The van der Waals surface area contributed by atoms with Crippen LogP contribution in [0.3, 0.4) is 0 Å². The SMILES string of the molecule is O=C(CSc1nc2ccsc2c(=O)n1CCc1cccs1)NCc1ccc(F)cc1. The number of amides is 1. The van der Waals surface area contributed by atoms with E-state index >= 15 is 0 Å². The third kappa shape index (κ3) is 4.97. The Bertz CT molecular complexity index is 1200. The van der Waals surface area contributed by atoms with E-state index in [1.165, 1.54) is 40.1 Å². The Morgan fingerprint density at radius 3 is 2.73 bits per heavy atom. The van der Waals surface area contributed by atoms with Crippen LogP contribution in [-0.2, 0) is 24.3 Å². The van der Waals surface area contributed by atoms with Gasteiger partial charge in [-0.3, -0.25) is 14.2 Å². The molecule has 0 fully saturated rings. The fraction of sp³-hybridized carbons (Fsp3) is 0.190. The molecular formula is C21H18FN3O2S3. The molecule has 0 aliphatic rings. The van der Waals surface area contributed by atoms with Crippen molar-refractivity contribution in [2.45, 2.75) is 24.7 Å². The van der Waals surface area contributed by atoms with E-state index in [0.717, 1.165) is 12.0 Å². The molecule has 1 N–H and O–H groups in total. The van der Waals surface area contributed by atoms with Gasteiger partial charge in [0.25, 0.3) is 5.56 Å². The Morgan fingerprint density at radius 2 is 1.97 bits per heavy atom. The first-order valence-corrected chi connectivity index (χ1v) is 12.0. The van der Waals surface area contributed by atoms with E-state index in [1.807, 2.05) is 29.0 Å². The van der Waals surface area contributed by atoms with Gasteiger partial charge in [-0.05, 0) is 47.0 Å². The number of hydrogen-bond acceptors (Lipinski definition) is 6. The second kappa shape index (κ2) is 9.55. The number of halogens is 1. The third-order valence-corrected chi connectivity index (χ3v) is 7.23. The van der Waals surface area contributed by atoms with E-state index in [4.69, 9.17) is 0 Å². The molecule has 0 atom stereocenters. The van der Waals surface area contributed by atoms with Crippen LogP contribution in [0.15, 0.2) is 63.2 Å². The topological polar surface area (TPSA) is 64.0 Å². The van der Waals surface area contributed by atoms with Gasteiger partial charge in [0, 0.05) is 18.0 Å². The van der Waals surface area contributed by atoms with Gasteiger partial charge in [-0.15, -0.1) is 22.7 Å². The van der Waals surface area contributed by atoms with E-state index in [2.05, 4.69) is 10.3 Å². The van der Waals surface area contributed by atoms with Crippen LogP contribution in [-0.4, -0.2) is 21.2 Å². The van der Waals surface area contributed by atoms with Gasteiger partial charge < -0.3 is 5.32 Å². The zero-order chi connectivity index (χ0) is 20.9. The zero-order valence-electron chi connectivity index (χ0n) is 15.8. The Balaban J connectivity index is 1.45. The Labute approximate surface area is 184 Å². The van der Waals surface area contributed by atoms with Crippen LogP contribution >= 0.6 is 34.4 Å². The largest absolute Gasteiger partial charge is 0.351 e. The van der Waals surface area contributed by atoms with E-state index in [-0.39, 0.29) is 23.0 Å². The maximum atomic E-state index is 13.0. The molecule has 0 unspecified atom stereocenters. The van der Waals surface area contributed by atoms with Crippen molar-refractivity contribution in [1.82, 2.24) is 14.9 Å². The second-order valence-electron chi connectivity index (χ2n) is 6.51. The number of hydrogen-bond donors (Lipinski definition) is 1. The third-order valence-electron chi connectivity index (χ3n) is 4.43. The standard InChI is InChI=1S/C21H18FN3O2S3/c22-15-5-3-14(4-6-15)12-23-18(26)13-30-21-24-17-8-11-29-19(17)20(27)25(21)9-7-16-2-1-10-28-16/h1-6,8,10-11H,7,9,12-13H2,(H,23,26). The van der Waals surface area contributed by atoms with Crippen LogP contribution in [0, 0.1) is 5.82 Å². The quantitative estimate of drug-likeness (QED) is 0.315. The van der Waals surface area contributed by atoms with Gasteiger partial charge in [0.05, 0.1) is 11.3 Å². The number of thiophene rings is 2. The van der Waals surface area contributed by atoms with Gasteiger partial charge in [-0.1, -0.05) is 30.0 Å². The first-order valence-electron chi connectivity index (χ1n) is 9.24. The summed E-state index contributed by atoms with van der Waals surface area (Å²) in [7, 11) is 0. The summed E-state index contributed by atoms with van der Waals surface area (Å²) in [6.07, 6.45) is 0.737. The lowest BCUT2D eigenvalue weighted by atomic mass is 10.2. The smallest absolute Gasteiger partial charge is 0.272 e. The summed E-state index contributed by atoms with van der Waals surface area (Å²) >= 11 is 4.29. The Kier molecular flexibility index (Phi) is 6.61. The highest BCUT2D eigenvalue weighted by Gasteiger charge is 2.14. The van der Waals surface area contributed by atoms with Gasteiger partial charge in [0.1, 0.15) is 10.5 Å². The van der Waals surface area contributed by atoms with Gasteiger partial charge in [-0.25, -0.2) is 9.37 Å². The summed E-state index contributed by atoms with van der Waals surface area (Å²) in [5.74, 6) is -0.340. The summed E-state index contributed by atoms with van der Waals surface area (Å²) in [5.41, 5.74) is 1.41. The lowest BCUT2D eigenvalue weighted by molar-refractivity contribution is -0.118. The highest BCUT2D eigenvalue weighted by molar-refractivity contribution is 7.99. The summed E-state index contributed by atoms with van der Waals surface area (Å²) in [4.78, 5) is 31.0. The maximum absolute atomic E-state index is 13.0. The molecule has 1 aromatic carbocycles. The number of fused-ring (bicyclic) bond motifs is 1. The number of aromatic nitrogens is 2. The summed E-state index contributed by atoms with van der Waals surface area (Å²) < 4.78 is 15.3. The highest BCUT2D eigenvalue weighted by atomic mass is 32.2. The average molecular weight is 460 g/mol. The van der Waals surface area contributed by atoms with E-state index in [0.29, 0.717) is 28.5 Å². The molecule has 4 rings (SSSR count). The van der Waals surface area contributed by atoms with Crippen molar-refractivity contribution in [2.24, 2.45) is 0 Å². The molecule has 3 aromatic heterocycles. The molecule has 0 radical (unpaired) electrons. The lowest BCUT2D eigenvalue weighted by Gasteiger charge is -2.12. The molecule has 0 spiro atoms. The normalized spacial score (nSPS) is 11.1. The molecule has 4 aromatic rings. The van der Waals surface area contributed by atoms with Crippen LogP contribution in [0.4, 0.5) is 4.39 Å². The molecule has 0 bridgehead atoms. The number of thioether (sulfide) groups is 1. The number of carbonyl (C=O) groups is 1. The molecule has 1 amide bonds. The van der Waals surface area contributed by atoms with Crippen molar-refractivity contribution in [1.29, 1.82) is 0 Å². The summed E-state index contributed by atoms with van der Waals surface area (Å²) in [6, 6.07) is 11.9. The van der Waals surface area contributed by atoms with Crippen LogP contribution in [0.1, 0.15) is 10.4 Å². The van der Waals surface area contributed by atoms with Crippen LogP contribution in [0.2, 0.25) is 0 Å². The fourth-order valence-corrected chi connectivity index (χ4v) is 5.22. The highest BCUT2D eigenvalue weighted by Crippen LogP contribution is 2.21. The van der Waals surface area contributed by atoms with Gasteiger partial charge in [-0.2, -0.15) is 0 Å². The molecule has 154 valence electrons. The Morgan fingerprint density at radius 1 is 1.13 bits per heavy atom. The predicted octanol–water partition coefficient (Wildman–Crippen LogP) is 4.31. The minimum Gasteiger partial charge on any atom is -0.351 e. The number of nitrogens with one attached hydrogen (secondary N) is 1. The van der Waals surface area contributed by atoms with Crippen molar-refractivity contribution in [2.75, 3.05) is 5.75 Å². The predicted molar refractivity (Wildman–Crippen MR) is 121 cm³/mol. The van der Waals surface area contributed by atoms with Crippen LogP contribution in [0.5, 0.6) is 0 Å². The van der Waals surface area contributed by atoms with Gasteiger partial charge in [0.2, 0.25) is 5.91 Å². The van der Waals surface area contributed by atoms with Crippen molar-refractivity contribution in [3.8, 4) is 0 Å². The summed E-state index contributed by atoms with van der Waals surface area (Å²) in [6.45, 7) is 0.835. The molecular weight excluding hydrogens is 441 g/mol. The molecule has 0 aliphatic carbocycles. The molecule has 5 nitrogen and oxygen atoms in total. The number of benzene rings is 1. The van der Waals surface area contributed by atoms with Crippen molar-refractivity contribution in [3.63, 3.8) is 0 Å². The van der Waals surface area contributed by atoms with E-state index in [1.54, 1.807) is 28.0 Å². The first kappa shape index (κ1) is 20.8. The molecule has 0 saturated carbocycles. The van der Waals surface area contributed by atoms with Crippen molar-refractivity contribution < 1.29 is 9.18 Å². The van der Waals surface area contributed by atoms with Gasteiger partial charge >= 0.3 is 0 Å². The van der Waals surface area contributed by atoms with E-state index < -0.39 is 0 Å². The zero-order valence-corrected chi connectivity index (χ0v) is 18.3. The van der Waals surface area contributed by atoms with Crippen LogP contribution < -0.4 is 10.9 Å². The number of rotatable bonds is 8. The monoisotopic (exact) mass is 459 g/mol. The minimum atomic E-state index is -0.309. The number of aryl methyl sites for hydroxylation is 1. The van der Waals surface area contributed by atoms with Gasteiger partial charge in [0.15, 0.2) is 5.16 Å². The molecule has 0 aliphatic heterocycles. The first-order chi connectivity index (χ1) is 14.6. The van der Waals surface area contributed by atoms with E-state index in [9.17, 15) is 14.0 Å². The minimum absolute atomic E-state index is 0.0687. The second-order valence-corrected chi connectivity index (χ2v) is 9.40. The lowest BCUT2D eigenvalue weighted by Crippen LogP contribution is -2.27. The fourth-order valence-electron chi connectivity index (χ4n) is 2.89. The number of nitrogens with zero attached hydrogens (tertiary/aromatic N) is 2. The summed E-state index contributed by atoms with van der Waals surface area (Å²) in [5, 5.41) is 7.22. The van der Waals surface area contributed by atoms with Crippen molar-refractivity contribution in [3.05, 3.63) is 79.8 Å². The molecule has 9 heteroatoms. The van der Waals surface area contributed by atoms with Crippen molar-refractivity contribution >= 4 is 50.6 Å². The number of carbonyl (C=O) groups excluding carboxylic acids is 1. The maximum Gasteiger partial charge on any atom is 0.272 e. The Hall–Kier alpha value is -2.49. The molecule has 0 saturated heterocycles.